The first-order valence-corrected chi connectivity index (χ1v) is 7.38. The number of benzene rings is 1. The molecule has 5 nitrogen and oxygen atoms in total. The van der Waals surface area contributed by atoms with Gasteiger partial charge in [-0.15, -0.1) is 0 Å². The van der Waals surface area contributed by atoms with Crippen LogP contribution in [0.3, 0.4) is 0 Å². The Bertz CT molecular complexity index is 542. The molecular weight excluding hydrogens is 336 g/mol. The van der Waals surface area contributed by atoms with Gasteiger partial charge in [0.2, 0.25) is 0 Å². The third kappa shape index (κ3) is 4.74. The highest BCUT2D eigenvalue weighted by Crippen LogP contribution is 2.28. The zero-order chi connectivity index (χ0) is 16.4. The molecule has 0 aliphatic carbocycles. The van der Waals surface area contributed by atoms with E-state index in [-0.39, 0.29) is 0 Å². The second kappa shape index (κ2) is 6.47. The smallest absolute Gasteiger partial charge is 0.326 e. The Labute approximate surface area is 133 Å². The summed E-state index contributed by atoms with van der Waals surface area (Å²) < 4.78 is 0.762. The van der Waals surface area contributed by atoms with Crippen LogP contribution >= 0.6 is 15.9 Å². The van der Waals surface area contributed by atoms with E-state index in [4.69, 9.17) is 0 Å². The number of hydrogen-bond acceptors (Lipinski definition) is 2. The lowest BCUT2D eigenvalue weighted by molar-refractivity contribution is -0.141. The molecule has 21 heavy (non-hydrogen) atoms. The molecule has 1 rings (SSSR count). The van der Waals surface area contributed by atoms with Gasteiger partial charge < -0.3 is 15.7 Å². The summed E-state index contributed by atoms with van der Waals surface area (Å²) in [6.07, 6.45) is 0. The maximum Gasteiger partial charge on any atom is 0.326 e. The van der Waals surface area contributed by atoms with Gasteiger partial charge in [0.05, 0.1) is 5.69 Å². The number of aryl methyl sites for hydroxylation is 2. The van der Waals surface area contributed by atoms with E-state index < -0.39 is 23.5 Å². The number of nitrogens with one attached hydrogen (secondary N) is 2. The van der Waals surface area contributed by atoms with E-state index >= 15 is 0 Å². The molecule has 0 heterocycles. The number of carbonyl (C=O) groups excluding carboxylic acids is 1. The van der Waals surface area contributed by atoms with E-state index in [0.29, 0.717) is 5.69 Å². The summed E-state index contributed by atoms with van der Waals surface area (Å²) in [6, 6.07) is 2.33. The molecule has 3 N–H and O–H groups in total. The standard InChI is InChI=1S/C15H21BrN2O3/c1-8-6-9(2)11(10(16)7-8)17-14(21)18-12(13(19)20)15(3,4)5/h6-7,12H,1-5H3,(H,19,20)(H2,17,18,21)/t12-/m0/s1. The number of hydrogen-bond donors (Lipinski definition) is 3. The first-order chi connectivity index (χ1) is 9.52. The van der Waals surface area contributed by atoms with Gasteiger partial charge in [-0.25, -0.2) is 9.59 Å². The van der Waals surface area contributed by atoms with Crippen LogP contribution in [0.2, 0.25) is 0 Å². The van der Waals surface area contributed by atoms with Crippen LogP contribution in [0.5, 0.6) is 0 Å². The molecule has 1 aromatic carbocycles. The molecule has 0 spiro atoms. The molecule has 0 saturated heterocycles. The van der Waals surface area contributed by atoms with E-state index in [1.54, 1.807) is 20.8 Å². The van der Waals surface area contributed by atoms with Gasteiger partial charge >= 0.3 is 12.0 Å². The van der Waals surface area contributed by atoms with Crippen molar-refractivity contribution >= 4 is 33.6 Å². The van der Waals surface area contributed by atoms with Crippen LogP contribution in [-0.2, 0) is 4.79 Å². The summed E-state index contributed by atoms with van der Waals surface area (Å²) >= 11 is 3.40. The number of rotatable bonds is 3. The minimum absolute atomic E-state index is 0.537. The molecule has 6 heteroatoms. The second-order valence-corrected chi connectivity index (χ2v) is 7.03. The molecule has 0 aromatic heterocycles. The topological polar surface area (TPSA) is 78.4 Å². The van der Waals surface area contributed by atoms with Gasteiger partial charge in [0.1, 0.15) is 6.04 Å². The van der Waals surface area contributed by atoms with Crippen LogP contribution in [0.1, 0.15) is 31.9 Å². The van der Waals surface area contributed by atoms with E-state index in [2.05, 4.69) is 26.6 Å². The summed E-state index contributed by atoms with van der Waals surface area (Å²) in [5, 5.41) is 14.4. The van der Waals surface area contributed by atoms with Crippen LogP contribution in [0.25, 0.3) is 0 Å². The second-order valence-electron chi connectivity index (χ2n) is 6.17. The SMILES string of the molecule is Cc1cc(C)c(NC(=O)N[C@@H](C(=O)O)C(C)(C)C)c(Br)c1. The van der Waals surface area contributed by atoms with Crippen LogP contribution < -0.4 is 10.6 Å². The normalized spacial score (nSPS) is 12.7. The summed E-state index contributed by atoms with van der Waals surface area (Å²) in [5.41, 5.74) is 2.03. The predicted molar refractivity (Wildman–Crippen MR) is 86.6 cm³/mol. The number of amides is 2. The van der Waals surface area contributed by atoms with Crippen LogP contribution in [0, 0.1) is 19.3 Å². The Morgan fingerprint density at radius 2 is 1.81 bits per heavy atom. The zero-order valence-corrected chi connectivity index (χ0v) is 14.5. The number of urea groups is 1. The molecule has 0 fully saturated rings. The third-order valence-corrected chi connectivity index (χ3v) is 3.68. The van der Waals surface area contributed by atoms with Crippen molar-refractivity contribution in [3.8, 4) is 0 Å². The van der Waals surface area contributed by atoms with Gasteiger partial charge in [-0.3, -0.25) is 0 Å². The quantitative estimate of drug-likeness (QED) is 0.772. The van der Waals surface area contributed by atoms with Crippen LogP contribution in [0.15, 0.2) is 16.6 Å². The number of carboxylic acid groups (broad SMARTS) is 1. The molecule has 0 bridgehead atoms. The minimum Gasteiger partial charge on any atom is -0.480 e. The largest absolute Gasteiger partial charge is 0.480 e. The van der Waals surface area contributed by atoms with Crippen molar-refractivity contribution in [1.29, 1.82) is 0 Å². The van der Waals surface area contributed by atoms with Gasteiger partial charge in [-0.2, -0.15) is 0 Å². The summed E-state index contributed by atoms with van der Waals surface area (Å²) in [5.74, 6) is -1.06. The van der Waals surface area contributed by atoms with Crippen LogP contribution in [0.4, 0.5) is 10.5 Å². The number of anilines is 1. The van der Waals surface area contributed by atoms with Crippen molar-refractivity contribution in [2.75, 3.05) is 5.32 Å². The Balaban J connectivity index is 2.90. The van der Waals surface area contributed by atoms with Crippen molar-refractivity contribution in [3.05, 3.63) is 27.7 Å². The maximum atomic E-state index is 12.1. The van der Waals surface area contributed by atoms with Crippen molar-refractivity contribution < 1.29 is 14.7 Å². The highest BCUT2D eigenvalue weighted by Gasteiger charge is 2.32. The summed E-state index contributed by atoms with van der Waals surface area (Å²) in [6.45, 7) is 9.13. The zero-order valence-electron chi connectivity index (χ0n) is 12.9. The number of carboxylic acids is 1. The summed E-state index contributed by atoms with van der Waals surface area (Å²) in [4.78, 5) is 23.3. The highest BCUT2D eigenvalue weighted by atomic mass is 79.9. The molecule has 0 saturated carbocycles. The first-order valence-electron chi connectivity index (χ1n) is 6.59. The number of aliphatic carboxylic acids is 1. The Kier molecular flexibility index (Phi) is 5.39. The van der Waals surface area contributed by atoms with E-state index in [9.17, 15) is 14.7 Å². The molecule has 2 amide bonds. The van der Waals surface area contributed by atoms with Crippen molar-refractivity contribution in [2.24, 2.45) is 5.41 Å². The fraction of sp³-hybridized carbons (Fsp3) is 0.467. The number of carbonyl (C=O) groups is 2. The Morgan fingerprint density at radius 3 is 2.24 bits per heavy atom. The molecule has 0 radical (unpaired) electrons. The average Bonchev–Trinajstić information content (AvgIpc) is 2.28. The lowest BCUT2D eigenvalue weighted by atomic mass is 9.87. The third-order valence-electron chi connectivity index (χ3n) is 3.06. The minimum atomic E-state index is -1.06. The van der Waals surface area contributed by atoms with E-state index in [0.717, 1.165) is 15.6 Å². The van der Waals surface area contributed by atoms with Gasteiger partial charge in [-0.05, 0) is 52.4 Å². The molecule has 1 aromatic rings. The summed E-state index contributed by atoms with van der Waals surface area (Å²) in [7, 11) is 0. The van der Waals surface area contributed by atoms with Gasteiger partial charge in [0.25, 0.3) is 0 Å². The fourth-order valence-corrected chi connectivity index (χ4v) is 2.78. The molecule has 1 atom stereocenters. The Hall–Kier alpha value is -1.56. The fourth-order valence-electron chi connectivity index (χ4n) is 2.00. The van der Waals surface area contributed by atoms with E-state index in [1.165, 1.54) is 0 Å². The van der Waals surface area contributed by atoms with Gasteiger partial charge in [-0.1, -0.05) is 26.8 Å². The van der Waals surface area contributed by atoms with Crippen molar-refractivity contribution in [2.45, 2.75) is 40.7 Å². The van der Waals surface area contributed by atoms with Gasteiger partial charge in [0, 0.05) is 4.47 Å². The Morgan fingerprint density at radius 1 is 1.24 bits per heavy atom. The molecule has 0 aliphatic rings. The monoisotopic (exact) mass is 356 g/mol. The van der Waals surface area contributed by atoms with Crippen LogP contribution in [-0.4, -0.2) is 23.1 Å². The molecular formula is C15H21BrN2O3. The van der Waals surface area contributed by atoms with E-state index in [1.807, 2.05) is 26.0 Å². The predicted octanol–water partition coefficient (Wildman–Crippen LogP) is 3.69. The van der Waals surface area contributed by atoms with Crippen molar-refractivity contribution in [1.82, 2.24) is 5.32 Å². The molecule has 0 aliphatic heterocycles. The lowest BCUT2D eigenvalue weighted by Crippen LogP contribution is -2.50. The van der Waals surface area contributed by atoms with Crippen molar-refractivity contribution in [3.63, 3.8) is 0 Å². The van der Waals surface area contributed by atoms with Gasteiger partial charge in [0.15, 0.2) is 0 Å². The number of halogens is 1. The lowest BCUT2D eigenvalue weighted by Gasteiger charge is -2.28. The molecule has 116 valence electrons. The highest BCUT2D eigenvalue weighted by molar-refractivity contribution is 9.10. The first kappa shape index (κ1) is 17.5. The average molecular weight is 357 g/mol. The maximum absolute atomic E-state index is 12.1. The molecule has 0 unspecified atom stereocenters.